The van der Waals surface area contributed by atoms with Gasteiger partial charge in [-0.25, -0.2) is 9.37 Å². The monoisotopic (exact) mass is 314 g/mol. The number of halogens is 1. The predicted molar refractivity (Wildman–Crippen MR) is 89.0 cm³/mol. The van der Waals surface area contributed by atoms with Gasteiger partial charge < -0.3 is 0 Å². The highest BCUT2D eigenvalue weighted by atomic mass is 19.1. The fourth-order valence-corrected chi connectivity index (χ4v) is 2.72. The van der Waals surface area contributed by atoms with Crippen molar-refractivity contribution in [3.05, 3.63) is 78.6 Å². The quantitative estimate of drug-likeness (QED) is 0.560. The van der Waals surface area contributed by atoms with Gasteiger partial charge in [0.2, 0.25) is 0 Å². The van der Waals surface area contributed by atoms with Gasteiger partial charge in [-0.2, -0.15) is 5.26 Å². The van der Waals surface area contributed by atoms with E-state index >= 15 is 0 Å². The molecular weight excluding hydrogens is 303 g/mol. The molecule has 0 radical (unpaired) electrons. The molecule has 2 aromatic heterocycles. The molecule has 0 saturated heterocycles. The van der Waals surface area contributed by atoms with Crippen LogP contribution in [0.25, 0.3) is 27.8 Å². The summed E-state index contributed by atoms with van der Waals surface area (Å²) in [5, 5.41) is 8.98. The van der Waals surface area contributed by atoms with Crippen LogP contribution < -0.4 is 0 Å². The van der Waals surface area contributed by atoms with Crippen molar-refractivity contribution in [1.29, 1.82) is 5.26 Å². The molecule has 0 saturated carbocycles. The fourth-order valence-electron chi connectivity index (χ4n) is 2.72. The molecular formula is C19H11FN4. The predicted octanol–water partition coefficient (Wildman–Crippen LogP) is 4.10. The van der Waals surface area contributed by atoms with Crippen LogP contribution in [0.3, 0.4) is 0 Å². The normalized spacial score (nSPS) is 10.7. The molecule has 0 aliphatic rings. The first-order chi connectivity index (χ1) is 11.8. The molecule has 2 aromatic carbocycles. The zero-order chi connectivity index (χ0) is 16.5. The van der Waals surface area contributed by atoms with Crippen molar-refractivity contribution in [2.75, 3.05) is 0 Å². The minimum Gasteiger partial charge on any atom is -0.299 e. The van der Waals surface area contributed by atoms with Crippen LogP contribution in [0.15, 0.2) is 67.3 Å². The number of nitriles is 1. The van der Waals surface area contributed by atoms with E-state index in [4.69, 9.17) is 5.26 Å². The van der Waals surface area contributed by atoms with Gasteiger partial charge >= 0.3 is 0 Å². The second kappa shape index (κ2) is 5.60. The molecule has 4 rings (SSSR count). The molecule has 0 aliphatic heterocycles. The highest BCUT2D eigenvalue weighted by Crippen LogP contribution is 2.26. The summed E-state index contributed by atoms with van der Waals surface area (Å²) in [4.78, 5) is 8.13. The Morgan fingerprint density at radius 3 is 2.83 bits per heavy atom. The van der Waals surface area contributed by atoms with Crippen LogP contribution in [0.4, 0.5) is 4.39 Å². The van der Waals surface area contributed by atoms with Gasteiger partial charge in [-0.1, -0.05) is 12.1 Å². The molecule has 24 heavy (non-hydrogen) atoms. The molecule has 114 valence electrons. The first-order valence-corrected chi connectivity index (χ1v) is 7.34. The molecule has 0 bridgehead atoms. The second-order valence-corrected chi connectivity index (χ2v) is 5.34. The average Bonchev–Trinajstić information content (AvgIpc) is 3.05. The third-order valence-corrected chi connectivity index (χ3v) is 3.88. The number of benzene rings is 2. The first kappa shape index (κ1) is 14.1. The highest BCUT2D eigenvalue weighted by Gasteiger charge is 2.09. The first-order valence-electron chi connectivity index (χ1n) is 7.34. The van der Waals surface area contributed by atoms with Gasteiger partial charge in [0.05, 0.1) is 28.9 Å². The fraction of sp³-hybridized carbons (Fsp3) is 0. The van der Waals surface area contributed by atoms with E-state index in [1.54, 1.807) is 30.7 Å². The Labute approximate surface area is 137 Å². The minimum absolute atomic E-state index is 0.358. The highest BCUT2D eigenvalue weighted by molar-refractivity contribution is 5.79. The van der Waals surface area contributed by atoms with Gasteiger partial charge in [0.1, 0.15) is 12.1 Å². The van der Waals surface area contributed by atoms with Gasteiger partial charge in [0, 0.05) is 17.4 Å². The maximum absolute atomic E-state index is 14.0. The number of pyridine rings is 1. The second-order valence-electron chi connectivity index (χ2n) is 5.34. The van der Waals surface area contributed by atoms with E-state index in [1.165, 1.54) is 6.20 Å². The van der Waals surface area contributed by atoms with E-state index in [9.17, 15) is 4.39 Å². The Morgan fingerprint density at radius 2 is 2.00 bits per heavy atom. The smallest absolute Gasteiger partial charge is 0.149 e. The van der Waals surface area contributed by atoms with Crippen molar-refractivity contribution in [2.24, 2.45) is 0 Å². The summed E-state index contributed by atoms with van der Waals surface area (Å²) in [5.74, 6) is -0.358. The zero-order valence-electron chi connectivity index (χ0n) is 12.5. The van der Waals surface area contributed by atoms with Crippen LogP contribution in [-0.4, -0.2) is 14.5 Å². The third-order valence-electron chi connectivity index (χ3n) is 3.88. The van der Waals surface area contributed by atoms with E-state index in [1.807, 2.05) is 34.9 Å². The van der Waals surface area contributed by atoms with Crippen molar-refractivity contribution in [3.8, 4) is 22.9 Å². The van der Waals surface area contributed by atoms with Gasteiger partial charge in [0.15, 0.2) is 0 Å². The maximum atomic E-state index is 14.0. The largest absolute Gasteiger partial charge is 0.299 e. The number of imidazole rings is 1. The van der Waals surface area contributed by atoms with Crippen molar-refractivity contribution >= 4 is 11.0 Å². The third kappa shape index (κ3) is 2.31. The number of aromatic nitrogens is 3. The average molecular weight is 314 g/mol. The summed E-state index contributed by atoms with van der Waals surface area (Å²) in [6.07, 6.45) is 4.48. The molecule has 2 heterocycles. The molecule has 0 atom stereocenters. The molecule has 0 amide bonds. The van der Waals surface area contributed by atoms with E-state index in [0.717, 1.165) is 22.3 Å². The van der Waals surface area contributed by atoms with E-state index in [2.05, 4.69) is 16.0 Å². The number of fused-ring (bicyclic) bond motifs is 1. The number of hydrogen-bond acceptors (Lipinski definition) is 3. The summed E-state index contributed by atoms with van der Waals surface area (Å²) < 4.78 is 15.9. The molecule has 0 fully saturated rings. The Balaban J connectivity index is 1.85. The molecule has 4 nitrogen and oxygen atoms in total. The van der Waals surface area contributed by atoms with Crippen molar-refractivity contribution in [3.63, 3.8) is 0 Å². The van der Waals surface area contributed by atoms with Gasteiger partial charge in [-0.3, -0.25) is 9.55 Å². The molecule has 0 spiro atoms. The Morgan fingerprint density at radius 1 is 1.08 bits per heavy atom. The van der Waals surface area contributed by atoms with Gasteiger partial charge in [0.25, 0.3) is 0 Å². The molecule has 4 aromatic rings. The summed E-state index contributed by atoms with van der Waals surface area (Å²) in [6.45, 7) is 0. The topological polar surface area (TPSA) is 54.5 Å². The van der Waals surface area contributed by atoms with Gasteiger partial charge in [-0.05, 0) is 42.0 Å². The Kier molecular flexibility index (Phi) is 3.29. The lowest BCUT2D eigenvalue weighted by Gasteiger charge is -2.08. The lowest BCUT2D eigenvalue weighted by Crippen LogP contribution is -1.93. The van der Waals surface area contributed by atoms with Crippen molar-refractivity contribution in [2.45, 2.75) is 0 Å². The zero-order valence-corrected chi connectivity index (χ0v) is 12.5. The number of rotatable bonds is 2. The minimum atomic E-state index is -0.358. The summed E-state index contributed by atoms with van der Waals surface area (Å²) in [7, 11) is 0. The molecule has 0 N–H and O–H groups in total. The number of hydrogen-bond donors (Lipinski definition) is 0. The lowest BCUT2D eigenvalue weighted by atomic mass is 10.1. The van der Waals surface area contributed by atoms with Crippen LogP contribution in [0, 0.1) is 17.1 Å². The lowest BCUT2D eigenvalue weighted by molar-refractivity contribution is 0.625. The van der Waals surface area contributed by atoms with E-state index in [0.29, 0.717) is 11.1 Å². The van der Waals surface area contributed by atoms with E-state index < -0.39 is 0 Å². The molecule has 5 heteroatoms. The van der Waals surface area contributed by atoms with E-state index in [-0.39, 0.29) is 5.82 Å². The number of nitrogens with zero attached hydrogens (tertiary/aromatic N) is 4. The van der Waals surface area contributed by atoms with Crippen LogP contribution in [-0.2, 0) is 0 Å². The standard InChI is InChI=1S/C19H11FN4/c20-17-11-22-7-6-16(17)14-2-1-3-15(9-14)24-12-23-18-8-13(10-21)4-5-19(18)24/h1-9,11-12H. The maximum Gasteiger partial charge on any atom is 0.149 e. The van der Waals surface area contributed by atoms with Crippen LogP contribution in [0.1, 0.15) is 5.56 Å². The summed E-state index contributed by atoms with van der Waals surface area (Å²) in [5.41, 5.74) is 4.35. The Bertz CT molecular complexity index is 1090. The summed E-state index contributed by atoms with van der Waals surface area (Å²) >= 11 is 0. The van der Waals surface area contributed by atoms with Crippen molar-refractivity contribution < 1.29 is 4.39 Å². The van der Waals surface area contributed by atoms with Crippen LogP contribution >= 0.6 is 0 Å². The van der Waals surface area contributed by atoms with Crippen LogP contribution in [0.2, 0.25) is 0 Å². The van der Waals surface area contributed by atoms with Crippen molar-refractivity contribution in [1.82, 2.24) is 14.5 Å². The molecule has 0 aliphatic carbocycles. The summed E-state index contributed by atoms with van der Waals surface area (Å²) in [6, 6.07) is 16.7. The van der Waals surface area contributed by atoms with Gasteiger partial charge in [-0.15, -0.1) is 0 Å². The molecule has 0 unspecified atom stereocenters. The Hall–Kier alpha value is -3.52. The van der Waals surface area contributed by atoms with Crippen LogP contribution in [0.5, 0.6) is 0 Å². The SMILES string of the molecule is N#Cc1ccc2c(c1)ncn2-c1cccc(-c2ccncc2F)c1.